The Bertz CT molecular complexity index is 121. The Hall–Kier alpha value is -0.415. The monoisotopic (exact) mass is 108 g/mol. The molecule has 0 heterocycles. The fourth-order valence-electron chi connectivity index (χ4n) is 0.466. The SMILES string of the molecule is CB(O)C#CC1CC1. The number of rotatable bonds is 0. The molecule has 0 radical (unpaired) electrons. The predicted octanol–water partition coefficient (Wildman–Crippen LogP) is 0.553. The molecule has 0 unspecified atom stereocenters. The van der Waals surface area contributed by atoms with Gasteiger partial charge in [-0.25, -0.2) is 0 Å². The van der Waals surface area contributed by atoms with Crippen molar-refractivity contribution in [2.75, 3.05) is 0 Å². The van der Waals surface area contributed by atoms with Gasteiger partial charge >= 0.3 is 6.92 Å². The van der Waals surface area contributed by atoms with Crippen molar-refractivity contribution in [2.24, 2.45) is 5.92 Å². The highest BCUT2D eigenvalue weighted by atomic mass is 16.2. The molecule has 0 amide bonds. The zero-order valence-electron chi connectivity index (χ0n) is 5.02. The van der Waals surface area contributed by atoms with Gasteiger partial charge in [-0.05, 0) is 19.7 Å². The van der Waals surface area contributed by atoms with Crippen molar-refractivity contribution in [3.63, 3.8) is 0 Å². The molecule has 42 valence electrons. The van der Waals surface area contributed by atoms with E-state index in [1.54, 1.807) is 6.82 Å². The van der Waals surface area contributed by atoms with Crippen LogP contribution in [0.25, 0.3) is 0 Å². The Balaban J connectivity index is 2.23. The molecule has 1 aliphatic carbocycles. The molecule has 1 fully saturated rings. The van der Waals surface area contributed by atoms with Crippen LogP contribution in [0.5, 0.6) is 0 Å². The van der Waals surface area contributed by atoms with E-state index in [4.69, 9.17) is 5.02 Å². The van der Waals surface area contributed by atoms with Crippen LogP contribution in [-0.2, 0) is 0 Å². The summed E-state index contributed by atoms with van der Waals surface area (Å²) in [5.41, 5.74) is 0. The normalized spacial score (nSPS) is 16.8. The van der Waals surface area contributed by atoms with Crippen molar-refractivity contribution in [3.05, 3.63) is 0 Å². The van der Waals surface area contributed by atoms with Gasteiger partial charge in [-0.1, -0.05) is 0 Å². The Kier molecular flexibility index (Phi) is 1.60. The van der Waals surface area contributed by atoms with E-state index in [1.807, 2.05) is 0 Å². The fourth-order valence-corrected chi connectivity index (χ4v) is 0.466. The molecule has 0 atom stereocenters. The van der Waals surface area contributed by atoms with E-state index in [2.05, 4.69) is 11.7 Å². The van der Waals surface area contributed by atoms with Gasteiger partial charge in [-0.15, -0.1) is 11.7 Å². The summed E-state index contributed by atoms with van der Waals surface area (Å²) in [6.45, 7) is 1.26. The van der Waals surface area contributed by atoms with Crippen molar-refractivity contribution < 1.29 is 5.02 Å². The van der Waals surface area contributed by atoms with Crippen LogP contribution in [0.15, 0.2) is 0 Å². The van der Waals surface area contributed by atoms with Crippen LogP contribution in [0.4, 0.5) is 0 Å². The quantitative estimate of drug-likeness (QED) is 0.355. The molecule has 1 N–H and O–H groups in total. The molecule has 0 bridgehead atoms. The summed E-state index contributed by atoms with van der Waals surface area (Å²) in [6, 6.07) is 0. The van der Waals surface area contributed by atoms with Gasteiger partial charge in [0.2, 0.25) is 0 Å². The zero-order valence-corrected chi connectivity index (χ0v) is 5.02. The molecule has 0 saturated heterocycles. The summed E-state index contributed by atoms with van der Waals surface area (Å²) < 4.78 is 0. The molecule has 2 heteroatoms. The van der Waals surface area contributed by atoms with E-state index < -0.39 is 6.92 Å². The lowest BCUT2D eigenvalue weighted by Gasteiger charge is -1.78. The lowest BCUT2D eigenvalue weighted by atomic mass is 9.73. The molecule has 0 aromatic heterocycles. The molecule has 1 aliphatic rings. The molecular formula is C6H9BO. The van der Waals surface area contributed by atoms with Crippen molar-refractivity contribution in [1.29, 1.82) is 0 Å². The Morgan fingerprint density at radius 1 is 1.62 bits per heavy atom. The van der Waals surface area contributed by atoms with Gasteiger partial charge in [-0.2, -0.15) is 0 Å². The van der Waals surface area contributed by atoms with E-state index >= 15 is 0 Å². The first kappa shape index (κ1) is 5.72. The fraction of sp³-hybridized carbons (Fsp3) is 0.667. The third-order valence-electron chi connectivity index (χ3n) is 1.07. The third-order valence-corrected chi connectivity index (χ3v) is 1.07. The van der Waals surface area contributed by atoms with Crippen LogP contribution in [0.2, 0.25) is 6.82 Å². The first-order chi connectivity index (χ1) is 3.79. The summed E-state index contributed by atoms with van der Waals surface area (Å²) >= 11 is 0. The van der Waals surface area contributed by atoms with E-state index in [0.717, 1.165) is 0 Å². The summed E-state index contributed by atoms with van der Waals surface area (Å²) in [4.78, 5) is 0. The summed E-state index contributed by atoms with van der Waals surface area (Å²) in [5, 5.41) is 8.66. The molecule has 8 heavy (non-hydrogen) atoms. The summed E-state index contributed by atoms with van der Waals surface area (Å²) in [7, 11) is 0. The van der Waals surface area contributed by atoms with Gasteiger partial charge in [-0.3, -0.25) is 0 Å². The third kappa shape index (κ3) is 2.04. The maximum Gasteiger partial charge on any atom is 0.373 e. The molecule has 0 aromatic carbocycles. The minimum Gasteiger partial charge on any atom is -0.440 e. The van der Waals surface area contributed by atoms with Crippen LogP contribution < -0.4 is 0 Å². The number of hydrogen-bond acceptors (Lipinski definition) is 1. The summed E-state index contributed by atoms with van der Waals surface area (Å²) in [6.07, 6.45) is 2.47. The topological polar surface area (TPSA) is 20.2 Å². The first-order valence-corrected chi connectivity index (χ1v) is 2.98. The highest BCUT2D eigenvalue weighted by Crippen LogP contribution is 2.27. The largest absolute Gasteiger partial charge is 0.440 e. The van der Waals surface area contributed by atoms with Crippen LogP contribution in [0, 0.1) is 17.7 Å². The molecule has 0 spiro atoms. The standard InChI is InChI=1S/C6H9BO/c1-7(8)5-4-6-2-3-6/h6,8H,2-3H2,1H3. The van der Waals surface area contributed by atoms with Crippen LogP contribution in [-0.4, -0.2) is 11.9 Å². The van der Waals surface area contributed by atoms with Gasteiger partial charge in [0.15, 0.2) is 0 Å². The van der Waals surface area contributed by atoms with Crippen LogP contribution >= 0.6 is 0 Å². The molecule has 1 saturated carbocycles. The average Bonchev–Trinajstić information content (AvgIpc) is 2.41. The van der Waals surface area contributed by atoms with Gasteiger partial charge < -0.3 is 5.02 Å². The van der Waals surface area contributed by atoms with Crippen molar-refractivity contribution in [1.82, 2.24) is 0 Å². The maximum absolute atomic E-state index is 8.66. The van der Waals surface area contributed by atoms with Crippen LogP contribution in [0.1, 0.15) is 12.8 Å². The van der Waals surface area contributed by atoms with Gasteiger partial charge in [0, 0.05) is 5.92 Å². The van der Waals surface area contributed by atoms with Gasteiger partial charge in [0.05, 0.1) is 0 Å². The van der Waals surface area contributed by atoms with Crippen molar-refractivity contribution >= 4 is 6.92 Å². The highest BCUT2D eigenvalue weighted by molar-refractivity contribution is 6.58. The highest BCUT2D eigenvalue weighted by Gasteiger charge is 2.17. The molecule has 0 aliphatic heterocycles. The van der Waals surface area contributed by atoms with E-state index in [0.29, 0.717) is 5.92 Å². The van der Waals surface area contributed by atoms with Gasteiger partial charge in [0.25, 0.3) is 0 Å². The Morgan fingerprint density at radius 2 is 2.25 bits per heavy atom. The number of hydrogen-bond donors (Lipinski definition) is 1. The first-order valence-electron chi connectivity index (χ1n) is 2.98. The molecule has 1 rings (SSSR count). The maximum atomic E-state index is 8.66. The van der Waals surface area contributed by atoms with E-state index in [1.165, 1.54) is 12.8 Å². The van der Waals surface area contributed by atoms with Crippen molar-refractivity contribution in [3.8, 4) is 11.7 Å². The lowest BCUT2D eigenvalue weighted by Crippen LogP contribution is -2.00. The molecule has 0 aromatic rings. The Morgan fingerprint density at radius 3 is 2.62 bits per heavy atom. The van der Waals surface area contributed by atoms with Gasteiger partial charge in [0.1, 0.15) is 0 Å². The summed E-state index contributed by atoms with van der Waals surface area (Å²) in [5.74, 6) is 6.28. The minimum absolute atomic E-state index is 0.435. The minimum atomic E-state index is -0.435. The zero-order chi connectivity index (χ0) is 5.98. The Labute approximate surface area is 50.2 Å². The van der Waals surface area contributed by atoms with Crippen molar-refractivity contribution in [2.45, 2.75) is 19.7 Å². The molecule has 1 nitrogen and oxygen atoms in total. The van der Waals surface area contributed by atoms with E-state index in [-0.39, 0.29) is 0 Å². The van der Waals surface area contributed by atoms with E-state index in [9.17, 15) is 0 Å². The smallest absolute Gasteiger partial charge is 0.373 e. The second kappa shape index (κ2) is 2.24. The van der Waals surface area contributed by atoms with Crippen LogP contribution in [0.3, 0.4) is 0 Å². The second-order valence-corrected chi connectivity index (χ2v) is 2.24. The average molecular weight is 108 g/mol. The molecular weight excluding hydrogens is 98.9 g/mol. The predicted molar refractivity (Wildman–Crippen MR) is 34.3 cm³/mol. The second-order valence-electron chi connectivity index (χ2n) is 2.24. The lowest BCUT2D eigenvalue weighted by molar-refractivity contribution is 0.595.